The van der Waals surface area contributed by atoms with Crippen molar-refractivity contribution < 1.29 is 4.52 Å². The molecule has 0 aliphatic heterocycles. The highest BCUT2D eigenvalue weighted by molar-refractivity contribution is 6.66. The van der Waals surface area contributed by atoms with Crippen molar-refractivity contribution in [3.05, 3.63) is 88.8 Å². The molecule has 2 heterocycles. The van der Waals surface area contributed by atoms with Gasteiger partial charge in [0.2, 0.25) is 5.82 Å². The molecule has 3 aromatic carbocycles. The van der Waals surface area contributed by atoms with Crippen LogP contribution in [0.5, 0.6) is 0 Å². The Morgan fingerprint density at radius 3 is 2.14 bits per heavy atom. The molecule has 0 spiro atoms. The van der Waals surface area contributed by atoms with Gasteiger partial charge in [0.25, 0.3) is 15.2 Å². The maximum atomic E-state index is 13.3. The van der Waals surface area contributed by atoms with Crippen molar-refractivity contribution in [1.29, 1.82) is 0 Å². The molecule has 182 valence electrons. The molecule has 0 bridgehead atoms. The summed E-state index contributed by atoms with van der Waals surface area (Å²) in [5.41, 5.74) is 4.98. The van der Waals surface area contributed by atoms with Crippen molar-refractivity contribution in [2.24, 2.45) is 7.05 Å². The molecule has 0 radical (unpaired) electrons. The van der Waals surface area contributed by atoms with Gasteiger partial charge in [-0.1, -0.05) is 108 Å². The van der Waals surface area contributed by atoms with Crippen molar-refractivity contribution in [3.8, 4) is 33.6 Å². The fraction of sp³-hybridized carbons (Fsp3) is 0.185. The first-order valence-corrected chi connectivity index (χ1v) is 12.5. The minimum atomic E-state index is -1.80. The van der Waals surface area contributed by atoms with Crippen LogP contribution in [0, 0.1) is 0 Å². The summed E-state index contributed by atoms with van der Waals surface area (Å²) in [5, 5.41) is 4.60. The quantitative estimate of drug-likeness (QED) is 0.223. The van der Waals surface area contributed by atoms with Gasteiger partial charge in [-0.3, -0.25) is 9.36 Å². The van der Waals surface area contributed by atoms with Gasteiger partial charge in [0.1, 0.15) is 5.82 Å². The maximum Gasteiger partial charge on any atom is 0.279 e. The standard InChI is InChI=1S/C27H21Cl3N4O2/c1-3-7-22-31-21-11-6-10-19(23(21)25(35)34(22)2)17-14-12-16(13-15-17)18-8-4-5-9-20(18)24-32-26(36-33-24)27(28,29)30/h4-6,8-15H,3,7H2,1-2H3. The second kappa shape index (κ2) is 9.69. The highest BCUT2D eigenvalue weighted by atomic mass is 35.6. The van der Waals surface area contributed by atoms with Crippen LogP contribution in [0.3, 0.4) is 0 Å². The molecule has 0 N–H and O–H groups in total. The number of aryl methyl sites for hydroxylation is 1. The lowest BCUT2D eigenvalue weighted by molar-refractivity contribution is 0.383. The van der Waals surface area contributed by atoms with Gasteiger partial charge in [0.15, 0.2) is 0 Å². The molecule has 0 saturated heterocycles. The molecule has 0 unspecified atom stereocenters. The topological polar surface area (TPSA) is 73.8 Å². The molecule has 0 aliphatic carbocycles. The van der Waals surface area contributed by atoms with E-state index in [0.717, 1.165) is 46.5 Å². The van der Waals surface area contributed by atoms with Gasteiger partial charge in [-0.15, -0.1) is 0 Å². The smallest absolute Gasteiger partial charge is 0.279 e. The lowest BCUT2D eigenvalue weighted by atomic mass is 9.95. The highest BCUT2D eigenvalue weighted by Crippen LogP contribution is 2.39. The third kappa shape index (κ3) is 4.52. The summed E-state index contributed by atoms with van der Waals surface area (Å²) in [6.07, 6.45) is 1.67. The molecule has 5 rings (SSSR count). The van der Waals surface area contributed by atoms with Gasteiger partial charge in [0, 0.05) is 19.0 Å². The van der Waals surface area contributed by atoms with Crippen LogP contribution < -0.4 is 5.56 Å². The summed E-state index contributed by atoms with van der Waals surface area (Å²) < 4.78 is 4.99. The van der Waals surface area contributed by atoms with Crippen LogP contribution in [0.2, 0.25) is 0 Å². The Balaban J connectivity index is 1.56. The molecular formula is C27H21Cl3N4O2. The molecular weight excluding hydrogens is 519 g/mol. The van der Waals surface area contributed by atoms with Crippen LogP contribution in [0.15, 0.2) is 76.0 Å². The first-order chi connectivity index (χ1) is 17.3. The fourth-order valence-corrected chi connectivity index (χ4v) is 4.48. The van der Waals surface area contributed by atoms with E-state index in [4.69, 9.17) is 44.3 Å². The molecule has 2 aromatic heterocycles. The fourth-order valence-electron chi connectivity index (χ4n) is 4.25. The summed E-state index contributed by atoms with van der Waals surface area (Å²) in [6, 6.07) is 21.4. The van der Waals surface area contributed by atoms with Gasteiger partial charge in [-0.2, -0.15) is 4.98 Å². The Bertz CT molecular complexity index is 1620. The van der Waals surface area contributed by atoms with Crippen molar-refractivity contribution in [1.82, 2.24) is 19.7 Å². The van der Waals surface area contributed by atoms with Crippen molar-refractivity contribution in [2.45, 2.75) is 23.6 Å². The largest absolute Gasteiger partial charge is 0.334 e. The number of halogens is 3. The molecule has 5 aromatic rings. The van der Waals surface area contributed by atoms with Crippen molar-refractivity contribution >= 4 is 45.7 Å². The monoisotopic (exact) mass is 538 g/mol. The highest BCUT2D eigenvalue weighted by Gasteiger charge is 2.31. The van der Waals surface area contributed by atoms with Crippen LogP contribution >= 0.6 is 34.8 Å². The van der Waals surface area contributed by atoms with Crippen LogP contribution in [-0.2, 0) is 17.3 Å². The number of rotatable bonds is 5. The van der Waals surface area contributed by atoms with Gasteiger partial charge >= 0.3 is 0 Å². The predicted octanol–water partition coefficient (Wildman–Crippen LogP) is 7.10. The van der Waals surface area contributed by atoms with Crippen molar-refractivity contribution in [2.75, 3.05) is 0 Å². The average Bonchev–Trinajstić information content (AvgIpc) is 3.38. The molecule has 9 heteroatoms. The third-order valence-electron chi connectivity index (χ3n) is 6.01. The Morgan fingerprint density at radius 1 is 0.861 bits per heavy atom. The van der Waals surface area contributed by atoms with E-state index < -0.39 is 3.79 Å². The minimum absolute atomic E-state index is 0.0460. The number of hydrogen-bond acceptors (Lipinski definition) is 5. The molecule has 36 heavy (non-hydrogen) atoms. The van der Waals surface area contributed by atoms with Crippen LogP contribution in [0.4, 0.5) is 0 Å². The number of fused-ring (bicyclic) bond motifs is 1. The van der Waals surface area contributed by atoms with Crippen molar-refractivity contribution in [3.63, 3.8) is 0 Å². The Hall–Kier alpha value is -3.19. The summed E-state index contributed by atoms with van der Waals surface area (Å²) >= 11 is 17.7. The van der Waals surface area contributed by atoms with Gasteiger partial charge in [-0.25, -0.2) is 4.98 Å². The van der Waals surface area contributed by atoms with E-state index in [1.807, 2.05) is 66.7 Å². The Kier molecular flexibility index (Phi) is 6.60. The second-order valence-corrected chi connectivity index (χ2v) is 10.7. The minimum Gasteiger partial charge on any atom is -0.334 e. The Labute approximate surface area is 222 Å². The van der Waals surface area contributed by atoms with E-state index in [-0.39, 0.29) is 11.4 Å². The van der Waals surface area contributed by atoms with Crippen LogP contribution in [0.25, 0.3) is 44.5 Å². The van der Waals surface area contributed by atoms with E-state index in [9.17, 15) is 4.79 Å². The van der Waals surface area contributed by atoms with E-state index in [1.165, 1.54) is 0 Å². The first-order valence-electron chi connectivity index (χ1n) is 11.4. The molecule has 0 atom stereocenters. The van der Waals surface area contributed by atoms with E-state index in [2.05, 4.69) is 17.1 Å². The van der Waals surface area contributed by atoms with Gasteiger partial charge < -0.3 is 4.52 Å². The number of hydrogen-bond donors (Lipinski definition) is 0. The van der Waals surface area contributed by atoms with Gasteiger partial charge in [-0.05, 0) is 34.7 Å². The average molecular weight is 540 g/mol. The van der Waals surface area contributed by atoms with Crippen LogP contribution in [-0.4, -0.2) is 19.7 Å². The molecule has 0 fully saturated rings. The lowest BCUT2D eigenvalue weighted by Crippen LogP contribution is -2.22. The summed E-state index contributed by atoms with van der Waals surface area (Å²) in [6.45, 7) is 2.07. The molecule has 0 aliphatic rings. The third-order valence-corrected chi connectivity index (χ3v) is 6.50. The van der Waals surface area contributed by atoms with Gasteiger partial charge in [0.05, 0.1) is 10.9 Å². The summed E-state index contributed by atoms with van der Waals surface area (Å²) in [4.78, 5) is 22.3. The zero-order valence-corrected chi connectivity index (χ0v) is 21.8. The first kappa shape index (κ1) is 24.5. The zero-order valence-electron chi connectivity index (χ0n) is 19.5. The zero-order chi connectivity index (χ0) is 25.4. The molecule has 6 nitrogen and oxygen atoms in total. The normalized spacial score (nSPS) is 11.8. The summed E-state index contributed by atoms with van der Waals surface area (Å²) in [7, 11) is 1.78. The SMILES string of the molecule is CCCc1nc2cccc(-c3ccc(-c4ccccc4-c4noc(C(Cl)(Cl)Cl)n4)cc3)c2c(=O)n1C. The predicted molar refractivity (Wildman–Crippen MR) is 144 cm³/mol. The molecule has 0 amide bonds. The summed E-state index contributed by atoms with van der Waals surface area (Å²) in [5.74, 6) is 1.02. The second-order valence-electron chi connectivity index (χ2n) is 8.39. The molecule has 0 saturated carbocycles. The van der Waals surface area contributed by atoms with Crippen LogP contribution in [0.1, 0.15) is 25.1 Å². The number of alkyl halides is 3. The lowest BCUT2D eigenvalue weighted by Gasteiger charge is -2.12. The maximum absolute atomic E-state index is 13.3. The Morgan fingerprint density at radius 2 is 1.50 bits per heavy atom. The van der Waals surface area contributed by atoms with E-state index in [1.54, 1.807) is 11.6 Å². The van der Waals surface area contributed by atoms with E-state index in [0.29, 0.717) is 16.7 Å². The number of nitrogens with zero attached hydrogens (tertiary/aromatic N) is 4. The number of benzene rings is 3. The van der Waals surface area contributed by atoms with E-state index >= 15 is 0 Å². The number of aromatic nitrogens is 4.